The summed E-state index contributed by atoms with van der Waals surface area (Å²) in [5.74, 6) is -1.14. The maximum atomic E-state index is 11.7. The number of amides is 1. The molecule has 0 spiro atoms. The van der Waals surface area contributed by atoms with Crippen LogP contribution in [0.3, 0.4) is 0 Å². The predicted molar refractivity (Wildman–Crippen MR) is 80.5 cm³/mol. The molecule has 116 valence electrons. The summed E-state index contributed by atoms with van der Waals surface area (Å²) in [5, 5.41) is 11.6. The Labute approximate surface area is 124 Å². The number of benzene rings is 1. The van der Waals surface area contributed by atoms with Crippen molar-refractivity contribution < 1.29 is 19.4 Å². The highest BCUT2D eigenvalue weighted by Crippen LogP contribution is 2.19. The second kappa shape index (κ2) is 6.47. The Morgan fingerprint density at radius 2 is 1.71 bits per heavy atom. The van der Waals surface area contributed by atoms with E-state index >= 15 is 0 Å². The number of carboxylic acids is 1. The normalized spacial score (nSPS) is 12.4. The fourth-order valence-corrected chi connectivity index (χ4v) is 1.68. The zero-order valence-corrected chi connectivity index (χ0v) is 13.0. The molecular weight excluding hydrogens is 272 g/mol. The van der Waals surface area contributed by atoms with Gasteiger partial charge >= 0.3 is 12.1 Å². The first-order chi connectivity index (χ1) is 9.60. The van der Waals surface area contributed by atoms with Gasteiger partial charge < -0.3 is 20.1 Å². The molecule has 21 heavy (non-hydrogen) atoms. The monoisotopic (exact) mass is 294 g/mol. The van der Waals surface area contributed by atoms with Gasteiger partial charge in [0.05, 0.1) is 0 Å². The van der Waals surface area contributed by atoms with E-state index in [1.54, 1.807) is 45.0 Å². The van der Waals surface area contributed by atoms with Crippen LogP contribution in [0.15, 0.2) is 24.3 Å². The minimum Gasteiger partial charge on any atom is -0.479 e. The summed E-state index contributed by atoms with van der Waals surface area (Å²) in [6, 6.07) is 5.79. The Morgan fingerprint density at radius 1 is 1.19 bits per heavy atom. The van der Waals surface area contributed by atoms with Crippen LogP contribution in [0.5, 0.6) is 0 Å². The molecule has 0 radical (unpaired) electrons. The number of anilines is 1. The molecule has 0 aliphatic heterocycles. The fraction of sp³-hybridized carbons (Fsp3) is 0.467. The summed E-state index contributed by atoms with van der Waals surface area (Å²) in [4.78, 5) is 25.0. The molecule has 0 saturated heterocycles. The van der Waals surface area contributed by atoms with Crippen LogP contribution in [0.2, 0.25) is 0 Å². The molecule has 0 aliphatic rings. The Balaban J connectivity index is 2.87. The smallest absolute Gasteiger partial charge is 0.408 e. The highest BCUT2D eigenvalue weighted by Gasteiger charge is 2.25. The average Bonchev–Trinajstić information content (AvgIpc) is 2.33. The highest BCUT2D eigenvalue weighted by molar-refractivity contribution is 5.81. The minimum atomic E-state index is -1.14. The van der Waals surface area contributed by atoms with Gasteiger partial charge in [-0.1, -0.05) is 12.1 Å². The molecule has 0 aromatic heterocycles. The maximum Gasteiger partial charge on any atom is 0.408 e. The van der Waals surface area contributed by atoms with Crippen molar-refractivity contribution in [1.82, 2.24) is 5.32 Å². The average molecular weight is 294 g/mol. The molecule has 1 aromatic carbocycles. The van der Waals surface area contributed by atoms with Crippen molar-refractivity contribution in [3.05, 3.63) is 29.8 Å². The number of nitrogens with zero attached hydrogens (tertiary/aromatic N) is 1. The zero-order chi connectivity index (χ0) is 16.2. The number of aliphatic carboxylic acids is 1. The van der Waals surface area contributed by atoms with Crippen molar-refractivity contribution in [3.63, 3.8) is 0 Å². The number of nitrogens with one attached hydrogen (secondary N) is 1. The number of alkyl carbamates (subject to hydrolysis) is 1. The number of hydrogen-bond acceptors (Lipinski definition) is 4. The van der Waals surface area contributed by atoms with E-state index in [1.165, 1.54) is 0 Å². The standard InChI is InChI=1S/C15H22N2O4/c1-15(2,3)21-14(20)16-12(13(18)19)10-6-8-11(9-7-10)17(4)5/h6-9,12H,1-5H3,(H,16,20)(H,18,19). The van der Waals surface area contributed by atoms with E-state index in [4.69, 9.17) is 4.74 Å². The molecule has 1 atom stereocenters. The summed E-state index contributed by atoms with van der Waals surface area (Å²) in [6.07, 6.45) is -0.758. The molecule has 6 heteroatoms. The summed E-state index contributed by atoms with van der Waals surface area (Å²) in [7, 11) is 3.78. The van der Waals surface area contributed by atoms with Gasteiger partial charge in [0.2, 0.25) is 0 Å². The number of carbonyl (C=O) groups excluding carboxylic acids is 1. The van der Waals surface area contributed by atoms with Crippen LogP contribution in [0.1, 0.15) is 32.4 Å². The van der Waals surface area contributed by atoms with Gasteiger partial charge in [0, 0.05) is 19.8 Å². The van der Waals surface area contributed by atoms with Crippen LogP contribution in [0.4, 0.5) is 10.5 Å². The lowest BCUT2D eigenvalue weighted by Crippen LogP contribution is -2.38. The van der Waals surface area contributed by atoms with Gasteiger partial charge in [0.25, 0.3) is 0 Å². The molecule has 0 saturated carbocycles. The molecule has 6 nitrogen and oxygen atoms in total. The second-order valence-corrected chi connectivity index (χ2v) is 5.90. The van der Waals surface area contributed by atoms with Gasteiger partial charge in [-0.25, -0.2) is 9.59 Å². The molecule has 0 fully saturated rings. The van der Waals surface area contributed by atoms with E-state index in [9.17, 15) is 14.7 Å². The van der Waals surface area contributed by atoms with Gasteiger partial charge in [-0.3, -0.25) is 0 Å². The topological polar surface area (TPSA) is 78.9 Å². The van der Waals surface area contributed by atoms with Gasteiger partial charge in [-0.05, 0) is 38.5 Å². The molecule has 0 heterocycles. The molecule has 0 aliphatic carbocycles. The van der Waals surface area contributed by atoms with E-state index in [1.807, 2.05) is 19.0 Å². The Hall–Kier alpha value is -2.24. The van der Waals surface area contributed by atoms with Crippen molar-refractivity contribution in [2.24, 2.45) is 0 Å². The predicted octanol–water partition coefficient (Wildman–Crippen LogP) is 2.40. The number of rotatable bonds is 4. The molecule has 1 unspecified atom stereocenters. The summed E-state index contributed by atoms with van der Waals surface area (Å²) in [5.41, 5.74) is 0.751. The van der Waals surface area contributed by atoms with Crippen LogP contribution in [-0.4, -0.2) is 36.9 Å². The van der Waals surface area contributed by atoms with E-state index in [0.717, 1.165) is 5.69 Å². The van der Waals surface area contributed by atoms with Crippen LogP contribution < -0.4 is 10.2 Å². The summed E-state index contributed by atoms with van der Waals surface area (Å²) < 4.78 is 5.08. The van der Waals surface area contributed by atoms with Crippen LogP contribution in [0, 0.1) is 0 Å². The number of hydrogen-bond donors (Lipinski definition) is 2. The van der Waals surface area contributed by atoms with E-state index in [0.29, 0.717) is 5.56 Å². The largest absolute Gasteiger partial charge is 0.479 e. The second-order valence-electron chi connectivity index (χ2n) is 5.90. The van der Waals surface area contributed by atoms with E-state index in [-0.39, 0.29) is 0 Å². The summed E-state index contributed by atoms with van der Waals surface area (Å²) >= 11 is 0. The van der Waals surface area contributed by atoms with Crippen molar-refractivity contribution >= 4 is 17.7 Å². The lowest BCUT2D eigenvalue weighted by molar-refractivity contribution is -0.139. The van der Waals surface area contributed by atoms with Crippen molar-refractivity contribution in [1.29, 1.82) is 0 Å². The van der Waals surface area contributed by atoms with E-state index in [2.05, 4.69) is 5.32 Å². The third-order valence-electron chi connectivity index (χ3n) is 2.65. The van der Waals surface area contributed by atoms with Gasteiger partial charge in [-0.2, -0.15) is 0 Å². The first-order valence-electron chi connectivity index (χ1n) is 6.60. The molecule has 1 amide bonds. The van der Waals surface area contributed by atoms with Gasteiger partial charge in [0.15, 0.2) is 6.04 Å². The fourth-order valence-electron chi connectivity index (χ4n) is 1.68. The SMILES string of the molecule is CN(C)c1ccc(C(NC(=O)OC(C)(C)C)C(=O)O)cc1. The lowest BCUT2D eigenvalue weighted by Gasteiger charge is -2.22. The van der Waals surface area contributed by atoms with Crippen molar-refractivity contribution in [3.8, 4) is 0 Å². The Bertz CT molecular complexity index is 503. The van der Waals surface area contributed by atoms with Crippen LogP contribution in [-0.2, 0) is 9.53 Å². The Kier molecular flexibility index (Phi) is 5.18. The molecule has 0 bridgehead atoms. The Morgan fingerprint density at radius 3 is 2.10 bits per heavy atom. The van der Waals surface area contributed by atoms with Crippen molar-refractivity contribution in [2.45, 2.75) is 32.4 Å². The third kappa shape index (κ3) is 5.33. The lowest BCUT2D eigenvalue weighted by atomic mass is 10.1. The van der Waals surface area contributed by atoms with Gasteiger partial charge in [0.1, 0.15) is 5.60 Å². The molecule has 1 aromatic rings. The van der Waals surface area contributed by atoms with Crippen LogP contribution in [0.25, 0.3) is 0 Å². The summed E-state index contributed by atoms with van der Waals surface area (Å²) in [6.45, 7) is 5.15. The van der Waals surface area contributed by atoms with Gasteiger partial charge in [-0.15, -0.1) is 0 Å². The molecule has 2 N–H and O–H groups in total. The van der Waals surface area contributed by atoms with E-state index < -0.39 is 23.7 Å². The first kappa shape index (κ1) is 16.8. The third-order valence-corrected chi connectivity index (χ3v) is 2.65. The quantitative estimate of drug-likeness (QED) is 0.891. The number of carbonyl (C=O) groups is 2. The maximum absolute atomic E-state index is 11.7. The zero-order valence-electron chi connectivity index (χ0n) is 13.0. The minimum absolute atomic E-state index is 0.485. The number of ether oxygens (including phenoxy) is 1. The molecular formula is C15H22N2O4. The number of carboxylic acid groups (broad SMARTS) is 1. The van der Waals surface area contributed by atoms with Crippen molar-refractivity contribution in [2.75, 3.05) is 19.0 Å². The highest BCUT2D eigenvalue weighted by atomic mass is 16.6. The van der Waals surface area contributed by atoms with Crippen LogP contribution >= 0.6 is 0 Å². The first-order valence-corrected chi connectivity index (χ1v) is 6.60. The molecule has 1 rings (SSSR count).